The number of amides is 1. The first kappa shape index (κ1) is 17.9. The zero-order valence-electron chi connectivity index (χ0n) is 15.0. The van der Waals surface area contributed by atoms with E-state index >= 15 is 0 Å². The molecule has 0 atom stereocenters. The van der Waals surface area contributed by atoms with E-state index in [9.17, 15) is 4.79 Å². The first-order valence-corrected chi connectivity index (χ1v) is 7.95. The molecule has 0 aromatic heterocycles. The summed E-state index contributed by atoms with van der Waals surface area (Å²) in [5.41, 5.74) is 2.73. The van der Waals surface area contributed by atoms with Crippen molar-refractivity contribution in [1.29, 1.82) is 0 Å². The van der Waals surface area contributed by atoms with Gasteiger partial charge in [-0.3, -0.25) is 4.79 Å². The summed E-state index contributed by atoms with van der Waals surface area (Å²) < 4.78 is 10.6. The molecule has 4 heteroatoms. The molecule has 4 nitrogen and oxygen atoms in total. The molecule has 2 aromatic rings. The van der Waals surface area contributed by atoms with Gasteiger partial charge in [-0.2, -0.15) is 0 Å². The molecule has 0 unspecified atom stereocenters. The summed E-state index contributed by atoms with van der Waals surface area (Å²) in [6.07, 6.45) is 0.278. The third kappa shape index (κ3) is 4.51. The van der Waals surface area contributed by atoms with Crippen LogP contribution in [0, 0.1) is 0 Å². The molecule has 0 saturated heterocycles. The summed E-state index contributed by atoms with van der Waals surface area (Å²) in [6.45, 7) is 6.41. The molecule has 0 radical (unpaired) electrons. The minimum Gasteiger partial charge on any atom is -0.497 e. The summed E-state index contributed by atoms with van der Waals surface area (Å²) in [7, 11) is 3.21. The molecule has 2 rings (SSSR count). The lowest BCUT2D eigenvalue weighted by Crippen LogP contribution is -2.17. The lowest BCUT2D eigenvalue weighted by molar-refractivity contribution is -0.115. The number of methoxy groups -OCH3 is 2. The Morgan fingerprint density at radius 2 is 1.79 bits per heavy atom. The molecule has 0 saturated carbocycles. The number of rotatable bonds is 5. The SMILES string of the molecule is COc1cccc(CC(=O)Nc2cc(C(C)(C)C)ccc2OC)c1. The number of carbonyl (C=O) groups excluding carboxylic acids is 1. The molecule has 24 heavy (non-hydrogen) atoms. The number of hydrogen-bond acceptors (Lipinski definition) is 3. The van der Waals surface area contributed by atoms with Gasteiger partial charge in [-0.05, 0) is 40.8 Å². The van der Waals surface area contributed by atoms with Crippen LogP contribution in [-0.2, 0) is 16.6 Å². The van der Waals surface area contributed by atoms with Crippen molar-refractivity contribution in [2.45, 2.75) is 32.6 Å². The molecule has 0 bridgehead atoms. The van der Waals surface area contributed by atoms with Gasteiger partial charge >= 0.3 is 0 Å². The van der Waals surface area contributed by atoms with E-state index in [-0.39, 0.29) is 17.7 Å². The summed E-state index contributed by atoms with van der Waals surface area (Å²) in [4.78, 5) is 12.4. The molecule has 1 N–H and O–H groups in total. The minimum absolute atomic E-state index is 0.00144. The zero-order valence-corrected chi connectivity index (χ0v) is 15.0. The highest BCUT2D eigenvalue weighted by atomic mass is 16.5. The van der Waals surface area contributed by atoms with E-state index in [1.165, 1.54) is 0 Å². The Kier molecular flexibility index (Phi) is 5.50. The fourth-order valence-electron chi connectivity index (χ4n) is 2.43. The zero-order chi connectivity index (χ0) is 17.7. The van der Waals surface area contributed by atoms with Gasteiger partial charge in [0.05, 0.1) is 26.3 Å². The monoisotopic (exact) mass is 327 g/mol. The molecule has 0 aliphatic rings. The van der Waals surface area contributed by atoms with Gasteiger partial charge in [0, 0.05) is 0 Å². The average Bonchev–Trinajstić information content (AvgIpc) is 2.54. The average molecular weight is 327 g/mol. The largest absolute Gasteiger partial charge is 0.497 e. The van der Waals surface area contributed by atoms with E-state index in [0.29, 0.717) is 11.4 Å². The maximum Gasteiger partial charge on any atom is 0.228 e. The molecule has 0 fully saturated rings. The number of anilines is 1. The third-order valence-electron chi connectivity index (χ3n) is 3.84. The summed E-state index contributed by atoms with van der Waals surface area (Å²) in [5, 5.41) is 2.96. The predicted molar refractivity (Wildman–Crippen MR) is 97.0 cm³/mol. The van der Waals surface area contributed by atoms with Crippen LogP contribution in [0.25, 0.3) is 0 Å². The summed E-state index contributed by atoms with van der Waals surface area (Å²) >= 11 is 0. The van der Waals surface area contributed by atoms with Crippen molar-refractivity contribution in [1.82, 2.24) is 0 Å². The van der Waals surface area contributed by atoms with E-state index in [1.54, 1.807) is 14.2 Å². The molecule has 1 amide bonds. The van der Waals surface area contributed by atoms with Crippen molar-refractivity contribution >= 4 is 11.6 Å². The van der Waals surface area contributed by atoms with E-state index in [2.05, 4.69) is 26.1 Å². The number of nitrogens with one attached hydrogen (secondary N) is 1. The predicted octanol–water partition coefficient (Wildman–Crippen LogP) is 4.18. The van der Waals surface area contributed by atoms with E-state index in [4.69, 9.17) is 9.47 Å². The van der Waals surface area contributed by atoms with Crippen LogP contribution >= 0.6 is 0 Å². The van der Waals surface area contributed by atoms with E-state index in [1.807, 2.05) is 42.5 Å². The van der Waals surface area contributed by atoms with Crippen LogP contribution in [-0.4, -0.2) is 20.1 Å². The third-order valence-corrected chi connectivity index (χ3v) is 3.84. The highest BCUT2D eigenvalue weighted by Crippen LogP contribution is 2.31. The second-order valence-corrected chi connectivity index (χ2v) is 6.74. The van der Waals surface area contributed by atoms with Gasteiger partial charge < -0.3 is 14.8 Å². The van der Waals surface area contributed by atoms with Crippen molar-refractivity contribution in [3.8, 4) is 11.5 Å². The van der Waals surface area contributed by atoms with E-state index in [0.717, 1.165) is 16.9 Å². The standard InChI is InChI=1S/C20H25NO3/c1-20(2,3)15-9-10-18(24-5)17(13-15)21-19(22)12-14-7-6-8-16(11-14)23-4/h6-11,13H,12H2,1-5H3,(H,21,22). The Hall–Kier alpha value is -2.49. The van der Waals surface area contributed by atoms with Gasteiger partial charge in [0.25, 0.3) is 0 Å². The number of hydrogen-bond donors (Lipinski definition) is 1. The topological polar surface area (TPSA) is 47.6 Å². The van der Waals surface area contributed by atoms with Crippen molar-refractivity contribution in [3.63, 3.8) is 0 Å². The van der Waals surface area contributed by atoms with Crippen LogP contribution in [0.1, 0.15) is 31.9 Å². The second-order valence-electron chi connectivity index (χ2n) is 6.74. The Bertz CT molecular complexity index is 717. The number of benzene rings is 2. The fourth-order valence-corrected chi connectivity index (χ4v) is 2.43. The second kappa shape index (κ2) is 7.39. The van der Waals surface area contributed by atoms with Gasteiger partial charge in [0.15, 0.2) is 0 Å². The van der Waals surface area contributed by atoms with Crippen LogP contribution < -0.4 is 14.8 Å². The van der Waals surface area contributed by atoms with Crippen molar-refractivity contribution in [2.24, 2.45) is 0 Å². The summed E-state index contributed by atoms with van der Waals surface area (Å²) in [5.74, 6) is 1.31. The molecule has 0 heterocycles. The normalized spacial score (nSPS) is 11.0. The number of carbonyl (C=O) groups is 1. The smallest absolute Gasteiger partial charge is 0.228 e. The molecule has 2 aromatic carbocycles. The van der Waals surface area contributed by atoms with Crippen LogP contribution in [0.4, 0.5) is 5.69 Å². The van der Waals surface area contributed by atoms with Crippen molar-refractivity contribution in [3.05, 3.63) is 53.6 Å². The highest BCUT2D eigenvalue weighted by Gasteiger charge is 2.17. The molecular weight excluding hydrogens is 302 g/mol. The molecular formula is C20H25NO3. The maximum absolute atomic E-state index is 12.4. The van der Waals surface area contributed by atoms with Gasteiger partial charge in [-0.1, -0.05) is 39.0 Å². The summed E-state index contributed by atoms with van der Waals surface area (Å²) in [6, 6.07) is 13.4. The van der Waals surface area contributed by atoms with Gasteiger partial charge in [0.1, 0.15) is 11.5 Å². The fraction of sp³-hybridized carbons (Fsp3) is 0.350. The highest BCUT2D eigenvalue weighted by molar-refractivity contribution is 5.93. The maximum atomic E-state index is 12.4. The first-order valence-electron chi connectivity index (χ1n) is 7.95. The van der Waals surface area contributed by atoms with Gasteiger partial charge in [-0.25, -0.2) is 0 Å². The van der Waals surface area contributed by atoms with Gasteiger partial charge in [-0.15, -0.1) is 0 Å². The molecule has 0 aliphatic carbocycles. The van der Waals surface area contributed by atoms with Crippen LogP contribution in [0.3, 0.4) is 0 Å². The van der Waals surface area contributed by atoms with Crippen molar-refractivity contribution < 1.29 is 14.3 Å². The Labute approximate surface area is 143 Å². The van der Waals surface area contributed by atoms with Crippen LogP contribution in [0.15, 0.2) is 42.5 Å². The lowest BCUT2D eigenvalue weighted by atomic mass is 9.87. The molecule has 128 valence electrons. The van der Waals surface area contributed by atoms with E-state index < -0.39 is 0 Å². The minimum atomic E-state index is -0.0902. The quantitative estimate of drug-likeness (QED) is 0.896. The Morgan fingerprint density at radius 3 is 2.42 bits per heavy atom. The number of ether oxygens (including phenoxy) is 2. The lowest BCUT2D eigenvalue weighted by Gasteiger charge is -2.21. The van der Waals surface area contributed by atoms with Gasteiger partial charge in [0.2, 0.25) is 5.91 Å². The molecule has 0 spiro atoms. The first-order chi connectivity index (χ1) is 11.3. The molecule has 0 aliphatic heterocycles. The Balaban J connectivity index is 2.18. The Morgan fingerprint density at radius 1 is 1.04 bits per heavy atom. The van der Waals surface area contributed by atoms with Crippen LogP contribution in [0.5, 0.6) is 11.5 Å². The van der Waals surface area contributed by atoms with Crippen molar-refractivity contribution in [2.75, 3.05) is 19.5 Å². The van der Waals surface area contributed by atoms with Crippen LogP contribution in [0.2, 0.25) is 0 Å².